The average Bonchev–Trinajstić information content (AvgIpc) is 2.64. The highest BCUT2D eigenvalue weighted by molar-refractivity contribution is 6.30. The Morgan fingerprint density at radius 3 is 2.42 bits per heavy atom. The van der Waals surface area contributed by atoms with Gasteiger partial charge in [0.2, 0.25) is 11.8 Å². The van der Waals surface area contributed by atoms with Crippen LogP contribution in [0, 0.1) is 0 Å². The Labute approximate surface area is 160 Å². The zero-order valence-corrected chi connectivity index (χ0v) is 16.4. The molecule has 2 amide bonds. The predicted molar refractivity (Wildman–Crippen MR) is 105 cm³/mol. The molecule has 0 radical (unpaired) electrons. The summed E-state index contributed by atoms with van der Waals surface area (Å²) in [6.07, 6.45) is 2.09. The first-order chi connectivity index (χ1) is 12.5. The van der Waals surface area contributed by atoms with Gasteiger partial charge in [0, 0.05) is 43.4 Å². The van der Waals surface area contributed by atoms with Crippen LogP contribution in [0.3, 0.4) is 0 Å². The van der Waals surface area contributed by atoms with Crippen LogP contribution < -0.4 is 10.6 Å². The van der Waals surface area contributed by atoms with Gasteiger partial charge in [0.15, 0.2) is 0 Å². The van der Waals surface area contributed by atoms with Gasteiger partial charge in [-0.1, -0.05) is 24.9 Å². The van der Waals surface area contributed by atoms with Gasteiger partial charge < -0.3 is 10.6 Å². The van der Waals surface area contributed by atoms with Crippen molar-refractivity contribution in [2.24, 2.45) is 0 Å². The fourth-order valence-corrected chi connectivity index (χ4v) is 3.04. The zero-order chi connectivity index (χ0) is 18.9. The Morgan fingerprint density at radius 1 is 1.15 bits per heavy atom. The van der Waals surface area contributed by atoms with E-state index >= 15 is 0 Å². The van der Waals surface area contributed by atoms with Gasteiger partial charge in [0.25, 0.3) is 0 Å². The Balaban J connectivity index is 1.73. The number of nitrogens with zero attached hydrogens (tertiary/aromatic N) is 2. The molecule has 1 heterocycles. The van der Waals surface area contributed by atoms with E-state index in [9.17, 15) is 9.59 Å². The van der Waals surface area contributed by atoms with E-state index in [4.69, 9.17) is 11.6 Å². The molecule has 2 N–H and O–H groups in total. The van der Waals surface area contributed by atoms with Crippen molar-refractivity contribution in [2.45, 2.75) is 32.7 Å². The Hall–Kier alpha value is -1.63. The molecule has 1 aromatic carbocycles. The number of rotatable bonds is 8. The number of unbranched alkanes of at least 4 members (excludes halogenated alkanes) is 1. The van der Waals surface area contributed by atoms with Gasteiger partial charge in [-0.25, -0.2) is 0 Å². The molecule has 1 aliphatic rings. The largest absolute Gasteiger partial charge is 0.355 e. The maximum absolute atomic E-state index is 12.4. The second-order valence-corrected chi connectivity index (χ2v) is 7.12. The molecule has 7 heteroatoms. The summed E-state index contributed by atoms with van der Waals surface area (Å²) in [5.41, 5.74) is 0.744. The van der Waals surface area contributed by atoms with Gasteiger partial charge in [0.05, 0.1) is 12.6 Å². The monoisotopic (exact) mass is 380 g/mol. The van der Waals surface area contributed by atoms with Crippen molar-refractivity contribution in [3.05, 3.63) is 29.3 Å². The van der Waals surface area contributed by atoms with Gasteiger partial charge in [0.1, 0.15) is 0 Å². The number of hydrogen-bond acceptors (Lipinski definition) is 4. The lowest BCUT2D eigenvalue weighted by molar-refractivity contribution is -0.124. The van der Waals surface area contributed by atoms with Crippen molar-refractivity contribution in [1.29, 1.82) is 0 Å². The number of hydrogen-bond donors (Lipinski definition) is 2. The molecule has 1 atom stereocenters. The van der Waals surface area contributed by atoms with Gasteiger partial charge in [-0.2, -0.15) is 0 Å². The molecule has 0 unspecified atom stereocenters. The minimum atomic E-state index is -0.216. The first kappa shape index (κ1) is 20.7. The van der Waals surface area contributed by atoms with E-state index in [2.05, 4.69) is 27.4 Å². The molecule has 6 nitrogen and oxygen atoms in total. The van der Waals surface area contributed by atoms with Gasteiger partial charge in [-0.05, 0) is 37.6 Å². The molecule has 1 saturated heterocycles. The van der Waals surface area contributed by atoms with Gasteiger partial charge >= 0.3 is 0 Å². The quantitative estimate of drug-likeness (QED) is 0.678. The Bertz CT molecular complexity index is 586. The number of halogens is 1. The van der Waals surface area contributed by atoms with E-state index in [1.54, 1.807) is 24.3 Å². The lowest BCUT2D eigenvalue weighted by atomic mass is 10.2. The fraction of sp³-hybridized carbons (Fsp3) is 0.579. The zero-order valence-electron chi connectivity index (χ0n) is 15.6. The van der Waals surface area contributed by atoms with Crippen LogP contribution >= 0.6 is 11.6 Å². The van der Waals surface area contributed by atoms with Crippen molar-refractivity contribution in [3.63, 3.8) is 0 Å². The summed E-state index contributed by atoms with van der Waals surface area (Å²) in [4.78, 5) is 28.6. The Kier molecular flexibility index (Phi) is 8.35. The molecule has 26 heavy (non-hydrogen) atoms. The summed E-state index contributed by atoms with van der Waals surface area (Å²) in [6, 6.07) is 6.88. The van der Waals surface area contributed by atoms with Crippen molar-refractivity contribution < 1.29 is 9.59 Å². The van der Waals surface area contributed by atoms with Crippen LogP contribution in [0.5, 0.6) is 0 Å². The summed E-state index contributed by atoms with van der Waals surface area (Å²) in [7, 11) is 0. The molecule has 0 aromatic heterocycles. The van der Waals surface area contributed by atoms with E-state index in [0.29, 0.717) is 11.6 Å². The van der Waals surface area contributed by atoms with Crippen LogP contribution in [0.2, 0.25) is 5.02 Å². The first-order valence-corrected chi connectivity index (χ1v) is 9.67. The molecule has 0 spiro atoms. The number of benzene rings is 1. The topological polar surface area (TPSA) is 64.7 Å². The number of carbonyl (C=O) groups is 2. The molecular weight excluding hydrogens is 352 g/mol. The third-order valence-electron chi connectivity index (χ3n) is 4.67. The maximum Gasteiger partial charge on any atom is 0.241 e. The molecule has 1 fully saturated rings. The number of amides is 2. The highest BCUT2D eigenvalue weighted by Crippen LogP contribution is 2.15. The van der Waals surface area contributed by atoms with Crippen molar-refractivity contribution in [1.82, 2.24) is 15.1 Å². The molecule has 1 aliphatic heterocycles. The van der Waals surface area contributed by atoms with Gasteiger partial charge in [-0.3, -0.25) is 19.4 Å². The van der Waals surface area contributed by atoms with Gasteiger partial charge in [-0.15, -0.1) is 0 Å². The highest BCUT2D eigenvalue weighted by atomic mass is 35.5. The smallest absolute Gasteiger partial charge is 0.241 e. The van der Waals surface area contributed by atoms with Crippen LogP contribution in [0.4, 0.5) is 5.69 Å². The minimum Gasteiger partial charge on any atom is -0.355 e. The SMILES string of the molecule is CCCCNC(=O)CN1CCN([C@H](C)C(=O)Nc2ccc(Cl)cc2)CC1. The highest BCUT2D eigenvalue weighted by Gasteiger charge is 2.26. The molecule has 2 rings (SSSR count). The minimum absolute atomic E-state index is 0.0296. The molecule has 144 valence electrons. The molecule has 0 saturated carbocycles. The number of anilines is 1. The van der Waals surface area contributed by atoms with Crippen molar-refractivity contribution >= 4 is 29.1 Å². The lowest BCUT2D eigenvalue weighted by Crippen LogP contribution is -2.54. The third-order valence-corrected chi connectivity index (χ3v) is 4.92. The summed E-state index contributed by atoms with van der Waals surface area (Å²) < 4.78 is 0. The maximum atomic E-state index is 12.4. The number of carbonyl (C=O) groups excluding carboxylic acids is 2. The van der Waals surface area contributed by atoms with E-state index in [0.717, 1.165) is 51.3 Å². The summed E-state index contributed by atoms with van der Waals surface area (Å²) in [5.74, 6) is 0.0542. The first-order valence-electron chi connectivity index (χ1n) is 9.29. The van der Waals surface area contributed by atoms with Crippen LogP contribution in [0.15, 0.2) is 24.3 Å². The molecule has 0 bridgehead atoms. The van der Waals surface area contributed by atoms with E-state index in [1.807, 2.05) is 6.92 Å². The second-order valence-electron chi connectivity index (χ2n) is 6.69. The normalized spacial score (nSPS) is 16.9. The van der Waals surface area contributed by atoms with Crippen LogP contribution in [0.25, 0.3) is 0 Å². The third kappa shape index (κ3) is 6.59. The Morgan fingerprint density at radius 2 is 1.81 bits per heavy atom. The second kappa shape index (κ2) is 10.5. The molecule has 0 aliphatic carbocycles. The summed E-state index contributed by atoms with van der Waals surface area (Å²) in [6.45, 7) is 8.34. The number of nitrogens with one attached hydrogen (secondary N) is 2. The van der Waals surface area contributed by atoms with Crippen LogP contribution in [-0.2, 0) is 9.59 Å². The number of piperazine rings is 1. The van der Waals surface area contributed by atoms with Crippen molar-refractivity contribution in [3.8, 4) is 0 Å². The van der Waals surface area contributed by atoms with E-state index in [1.165, 1.54) is 0 Å². The van der Waals surface area contributed by atoms with E-state index in [-0.39, 0.29) is 17.9 Å². The van der Waals surface area contributed by atoms with Crippen molar-refractivity contribution in [2.75, 3.05) is 44.6 Å². The molecule has 1 aromatic rings. The summed E-state index contributed by atoms with van der Waals surface area (Å²) >= 11 is 5.86. The van der Waals surface area contributed by atoms with E-state index < -0.39 is 0 Å². The predicted octanol–water partition coefficient (Wildman–Crippen LogP) is 2.20. The lowest BCUT2D eigenvalue weighted by Gasteiger charge is -2.37. The summed E-state index contributed by atoms with van der Waals surface area (Å²) in [5, 5.41) is 6.51. The molecular formula is C19H29ClN4O2. The fourth-order valence-electron chi connectivity index (χ4n) is 2.92. The average molecular weight is 381 g/mol. The van der Waals surface area contributed by atoms with Crippen LogP contribution in [-0.4, -0.2) is 66.9 Å². The van der Waals surface area contributed by atoms with Crippen LogP contribution in [0.1, 0.15) is 26.7 Å². The standard InChI is InChI=1S/C19H29ClN4O2/c1-3-4-9-21-18(25)14-23-10-12-24(13-11-23)15(2)19(26)22-17-7-5-16(20)6-8-17/h5-8,15H,3-4,9-14H2,1-2H3,(H,21,25)(H,22,26)/t15-/m1/s1.